The Bertz CT molecular complexity index is 1010. The SMILES string of the molecule is CCCCc1nc(Cl)c(C=O)n1Cc1ccc(-c2ccccc2)c(C(=O)OC)c1. The maximum atomic E-state index is 12.4. The van der Waals surface area contributed by atoms with Gasteiger partial charge in [-0.25, -0.2) is 9.78 Å². The number of halogens is 1. The molecule has 0 saturated carbocycles. The number of aldehydes is 1. The van der Waals surface area contributed by atoms with E-state index in [1.165, 1.54) is 7.11 Å². The lowest BCUT2D eigenvalue weighted by Crippen LogP contribution is -2.10. The normalized spacial score (nSPS) is 10.7. The molecule has 0 atom stereocenters. The molecule has 0 unspecified atom stereocenters. The number of benzene rings is 2. The van der Waals surface area contributed by atoms with Crippen LogP contribution in [0.1, 0.15) is 52.0 Å². The third kappa shape index (κ3) is 4.57. The van der Waals surface area contributed by atoms with Crippen molar-refractivity contribution in [2.75, 3.05) is 7.11 Å². The van der Waals surface area contributed by atoms with Crippen molar-refractivity contribution in [1.82, 2.24) is 9.55 Å². The van der Waals surface area contributed by atoms with Crippen molar-refractivity contribution in [3.63, 3.8) is 0 Å². The van der Waals surface area contributed by atoms with Crippen LogP contribution in [0.15, 0.2) is 48.5 Å². The molecule has 2 aromatic carbocycles. The highest BCUT2D eigenvalue weighted by Gasteiger charge is 2.18. The molecule has 1 aromatic heterocycles. The van der Waals surface area contributed by atoms with Crippen molar-refractivity contribution < 1.29 is 14.3 Å². The van der Waals surface area contributed by atoms with E-state index in [4.69, 9.17) is 16.3 Å². The highest BCUT2D eigenvalue weighted by atomic mass is 35.5. The van der Waals surface area contributed by atoms with Gasteiger partial charge in [-0.3, -0.25) is 4.79 Å². The standard InChI is InChI=1S/C23H23ClN2O3/c1-3-4-10-21-25-22(24)20(15-27)26(21)14-16-11-12-18(17-8-6-5-7-9-17)19(13-16)23(28)29-2/h5-9,11-13,15H,3-4,10,14H2,1-2H3. The summed E-state index contributed by atoms with van der Waals surface area (Å²) < 4.78 is 6.82. The second-order valence-corrected chi connectivity index (χ2v) is 7.11. The summed E-state index contributed by atoms with van der Waals surface area (Å²) in [5.74, 6) is 0.363. The minimum absolute atomic E-state index is 0.209. The summed E-state index contributed by atoms with van der Waals surface area (Å²) in [7, 11) is 1.37. The van der Waals surface area contributed by atoms with E-state index in [0.29, 0.717) is 17.8 Å². The number of nitrogens with zero attached hydrogens (tertiary/aromatic N) is 2. The van der Waals surface area contributed by atoms with E-state index in [2.05, 4.69) is 11.9 Å². The van der Waals surface area contributed by atoms with E-state index < -0.39 is 5.97 Å². The van der Waals surface area contributed by atoms with Gasteiger partial charge in [0.1, 0.15) is 11.5 Å². The fourth-order valence-electron chi connectivity index (χ4n) is 3.32. The van der Waals surface area contributed by atoms with Crippen LogP contribution in [-0.4, -0.2) is 28.9 Å². The van der Waals surface area contributed by atoms with Gasteiger partial charge < -0.3 is 9.30 Å². The molecule has 0 amide bonds. The van der Waals surface area contributed by atoms with Crippen LogP contribution in [0.3, 0.4) is 0 Å². The zero-order valence-electron chi connectivity index (χ0n) is 16.5. The number of rotatable bonds is 8. The molecule has 29 heavy (non-hydrogen) atoms. The Morgan fingerprint density at radius 1 is 1.21 bits per heavy atom. The van der Waals surface area contributed by atoms with Gasteiger partial charge in [-0.2, -0.15) is 0 Å². The monoisotopic (exact) mass is 410 g/mol. The minimum Gasteiger partial charge on any atom is -0.465 e. The van der Waals surface area contributed by atoms with Gasteiger partial charge in [-0.05, 0) is 29.2 Å². The number of imidazole rings is 1. The van der Waals surface area contributed by atoms with Crippen LogP contribution >= 0.6 is 11.6 Å². The van der Waals surface area contributed by atoms with Crippen LogP contribution in [0.2, 0.25) is 5.15 Å². The summed E-state index contributed by atoms with van der Waals surface area (Å²) in [6.45, 7) is 2.49. The lowest BCUT2D eigenvalue weighted by atomic mass is 9.97. The number of carbonyl (C=O) groups is 2. The zero-order chi connectivity index (χ0) is 20.8. The quantitative estimate of drug-likeness (QED) is 0.378. The molecule has 0 saturated heterocycles. The average Bonchev–Trinajstić information content (AvgIpc) is 3.06. The Balaban J connectivity index is 2.03. The predicted molar refractivity (Wildman–Crippen MR) is 114 cm³/mol. The summed E-state index contributed by atoms with van der Waals surface area (Å²) >= 11 is 6.17. The molecular weight excluding hydrogens is 388 g/mol. The first kappa shape index (κ1) is 20.8. The van der Waals surface area contributed by atoms with Crippen molar-refractivity contribution in [3.05, 3.63) is 76.3 Å². The molecule has 0 spiro atoms. The molecular formula is C23H23ClN2O3. The molecule has 0 radical (unpaired) electrons. The molecule has 5 nitrogen and oxygen atoms in total. The van der Waals surface area contributed by atoms with Crippen LogP contribution in [0.25, 0.3) is 11.1 Å². The summed E-state index contributed by atoms with van der Waals surface area (Å²) in [5.41, 5.74) is 3.42. The van der Waals surface area contributed by atoms with Crippen LogP contribution < -0.4 is 0 Å². The van der Waals surface area contributed by atoms with Gasteiger partial charge in [-0.1, -0.05) is 67.4 Å². The van der Waals surface area contributed by atoms with Crippen LogP contribution in [-0.2, 0) is 17.7 Å². The number of hydrogen-bond donors (Lipinski definition) is 0. The van der Waals surface area contributed by atoms with E-state index in [1.54, 1.807) is 6.07 Å². The Hall–Kier alpha value is -2.92. The van der Waals surface area contributed by atoms with Gasteiger partial charge in [0, 0.05) is 13.0 Å². The molecule has 0 aliphatic carbocycles. The van der Waals surface area contributed by atoms with Crippen LogP contribution in [0.5, 0.6) is 0 Å². The van der Waals surface area contributed by atoms with Gasteiger partial charge in [-0.15, -0.1) is 0 Å². The van der Waals surface area contributed by atoms with Crippen molar-refractivity contribution in [3.8, 4) is 11.1 Å². The Morgan fingerprint density at radius 3 is 2.62 bits per heavy atom. The lowest BCUT2D eigenvalue weighted by Gasteiger charge is -2.13. The van der Waals surface area contributed by atoms with Gasteiger partial charge in [0.2, 0.25) is 0 Å². The van der Waals surface area contributed by atoms with Crippen molar-refractivity contribution in [2.45, 2.75) is 32.7 Å². The topological polar surface area (TPSA) is 61.2 Å². The molecule has 0 N–H and O–H groups in total. The summed E-state index contributed by atoms with van der Waals surface area (Å²) in [5, 5.41) is 0.209. The first-order chi connectivity index (χ1) is 14.1. The molecule has 3 rings (SSSR count). The largest absolute Gasteiger partial charge is 0.465 e. The first-order valence-corrected chi connectivity index (χ1v) is 9.93. The Labute approximate surface area is 175 Å². The maximum Gasteiger partial charge on any atom is 0.338 e. The number of ether oxygens (including phenoxy) is 1. The summed E-state index contributed by atoms with van der Waals surface area (Å²) in [6, 6.07) is 15.3. The van der Waals surface area contributed by atoms with Crippen LogP contribution in [0.4, 0.5) is 0 Å². The van der Waals surface area contributed by atoms with Crippen LogP contribution in [0, 0.1) is 0 Å². The summed E-state index contributed by atoms with van der Waals surface area (Å²) in [4.78, 5) is 28.4. The van der Waals surface area contributed by atoms with E-state index in [-0.39, 0.29) is 5.15 Å². The third-order valence-corrected chi connectivity index (χ3v) is 5.10. The molecule has 0 bridgehead atoms. The molecule has 1 heterocycles. The highest BCUT2D eigenvalue weighted by Crippen LogP contribution is 2.27. The van der Waals surface area contributed by atoms with E-state index in [9.17, 15) is 9.59 Å². The Kier molecular flexibility index (Phi) is 6.83. The second-order valence-electron chi connectivity index (χ2n) is 6.75. The van der Waals surface area contributed by atoms with E-state index in [1.807, 2.05) is 47.0 Å². The number of esters is 1. The zero-order valence-corrected chi connectivity index (χ0v) is 17.3. The first-order valence-electron chi connectivity index (χ1n) is 9.55. The molecule has 0 fully saturated rings. The lowest BCUT2D eigenvalue weighted by molar-refractivity contribution is 0.0601. The average molecular weight is 411 g/mol. The molecule has 0 aliphatic rings. The number of hydrogen-bond acceptors (Lipinski definition) is 4. The van der Waals surface area contributed by atoms with E-state index >= 15 is 0 Å². The van der Waals surface area contributed by atoms with Crippen molar-refractivity contribution in [1.29, 1.82) is 0 Å². The molecule has 6 heteroatoms. The predicted octanol–water partition coefficient (Wildman–Crippen LogP) is 5.19. The van der Waals surface area contributed by atoms with Gasteiger partial charge in [0.25, 0.3) is 0 Å². The maximum absolute atomic E-state index is 12.4. The van der Waals surface area contributed by atoms with Crippen molar-refractivity contribution in [2.24, 2.45) is 0 Å². The smallest absolute Gasteiger partial charge is 0.338 e. The molecule has 0 aliphatic heterocycles. The number of methoxy groups -OCH3 is 1. The number of carbonyl (C=O) groups excluding carboxylic acids is 2. The third-order valence-electron chi connectivity index (χ3n) is 4.82. The van der Waals surface area contributed by atoms with Gasteiger partial charge in [0.05, 0.1) is 12.7 Å². The molecule has 3 aromatic rings. The van der Waals surface area contributed by atoms with E-state index in [0.717, 1.165) is 48.1 Å². The second kappa shape index (κ2) is 9.52. The minimum atomic E-state index is -0.406. The van der Waals surface area contributed by atoms with Gasteiger partial charge in [0.15, 0.2) is 11.4 Å². The fraction of sp³-hybridized carbons (Fsp3) is 0.261. The number of unbranched alkanes of at least 4 members (excludes halogenated alkanes) is 1. The summed E-state index contributed by atoms with van der Waals surface area (Å²) in [6.07, 6.45) is 3.42. The number of aryl methyl sites for hydroxylation is 1. The van der Waals surface area contributed by atoms with Crippen molar-refractivity contribution >= 4 is 23.9 Å². The highest BCUT2D eigenvalue weighted by molar-refractivity contribution is 6.31. The fourth-order valence-corrected chi connectivity index (χ4v) is 3.56. The van der Waals surface area contributed by atoms with Gasteiger partial charge >= 0.3 is 5.97 Å². The number of aromatic nitrogens is 2. The molecule has 150 valence electrons. The Morgan fingerprint density at radius 2 is 1.97 bits per heavy atom.